The van der Waals surface area contributed by atoms with Crippen LogP contribution >= 0.6 is 11.3 Å². The van der Waals surface area contributed by atoms with Gasteiger partial charge in [0.25, 0.3) is 0 Å². The monoisotopic (exact) mass is 1590 g/mol. The predicted molar refractivity (Wildman–Crippen MR) is 504 cm³/mol. The first-order valence-electron chi connectivity index (χ1n) is 41.1. The minimum absolute atomic E-state index is 0.499. The summed E-state index contributed by atoms with van der Waals surface area (Å²) in [5, 5.41) is 17.7. The van der Waals surface area contributed by atoms with Crippen LogP contribution in [0.25, 0.3) is 264 Å². The number of hydrogen-bond acceptors (Lipinski definition) is 12. The molecule has 26 aromatic rings. The Morgan fingerprint density at radius 1 is 0.187 bits per heavy atom. The zero-order valence-electron chi connectivity index (χ0n) is 65.5. The van der Waals surface area contributed by atoms with Gasteiger partial charge in [0.15, 0.2) is 23.3 Å². The van der Waals surface area contributed by atoms with Crippen LogP contribution in [0.1, 0.15) is 0 Å². The fourth-order valence-corrected chi connectivity index (χ4v) is 19.6. The molecular weight excluding hydrogens is 1530 g/mol. The highest BCUT2D eigenvalue weighted by molar-refractivity contribution is 7.26. The molecule has 11 nitrogen and oxygen atoms in total. The maximum absolute atomic E-state index is 6.83. The molecule has 0 unspecified atom stereocenters. The van der Waals surface area contributed by atoms with Crippen LogP contribution in [0.15, 0.2) is 400 Å². The maximum atomic E-state index is 6.83. The number of benzene rings is 17. The number of pyridine rings is 2. The average Bonchev–Trinajstić information content (AvgIpc) is 1.66. The first-order valence-corrected chi connectivity index (χ1v) is 41.9. The lowest BCUT2D eigenvalue weighted by atomic mass is 9.91. The van der Waals surface area contributed by atoms with Crippen LogP contribution < -0.4 is 0 Å². The van der Waals surface area contributed by atoms with E-state index in [2.05, 4.69) is 267 Å². The van der Waals surface area contributed by atoms with Gasteiger partial charge in [-0.05, 0) is 90.0 Å². The van der Waals surface area contributed by atoms with Gasteiger partial charge in [0.05, 0.1) is 44.9 Å². The van der Waals surface area contributed by atoms with Gasteiger partial charge in [-0.25, -0.2) is 34.9 Å². The van der Waals surface area contributed by atoms with Gasteiger partial charge in [-0.1, -0.05) is 303 Å². The van der Waals surface area contributed by atoms with Crippen molar-refractivity contribution in [3.63, 3.8) is 0 Å². The molecule has 0 saturated carbocycles. The van der Waals surface area contributed by atoms with E-state index in [0.29, 0.717) is 23.3 Å². The summed E-state index contributed by atoms with van der Waals surface area (Å²) >= 11 is 1.86. The number of thiophene rings is 1. The molecule has 0 fully saturated rings. The fourth-order valence-electron chi connectivity index (χ4n) is 18.3. The van der Waals surface area contributed by atoms with Gasteiger partial charge in [0.1, 0.15) is 44.7 Å². The highest BCUT2D eigenvalue weighted by Gasteiger charge is 2.27. The normalized spacial score (nSPS) is 11.9. The topological polar surface area (TPSA) is 143 Å². The number of aromatic nitrogens is 7. The molecule has 0 radical (unpaired) electrons. The molecule has 0 atom stereocenters. The largest absolute Gasteiger partial charge is 0.455 e. The van der Waals surface area contributed by atoms with E-state index in [-0.39, 0.29) is 0 Å². The summed E-state index contributed by atoms with van der Waals surface area (Å²) < 4.78 is 28.9. The van der Waals surface area contributed by atoms with Crippen LogP contribution in [-0.2, 0) is 0 Å². The Labute approximate surface area is 705 Å². The molecule has 0 bridgehead atoms. The number of para-hydroxylation sites is 9. The zero-order valence-corrected chi connectivity index (χ0v) is 66.4. The Hall–Kier alpha value is -16.4. The van der Waals surface area contributed by atoms with Crippen LogP contribution in [0.4, 0.5) is 0 Å². The van der Waals surface area contributed by atoms with E-state index in [1.165, 1.54) is 36.5 Å². The van der Waals surface area contributed by atoms with Crippen molar-refractivity contribution >= 4 is 163 Å². The lowest BCUT2D eigenvalue weighted by Gasteiger charge is -2.15. The summed E-state index contributed by atoms with van der Waals surface area (Å²) in [4.78, 5) is 36.5. The van der Waals surface area contributed by atoms with Gasteiger partial charge in [0, 0.05) is 140 Å². The standard InChI is InChI=1S/C58H32N4O3.C53H31N3OS/c1-2-14-34(15-3-1)52-45-32-44(55-51(41-19-7-11-27-49(41)65-55)50(45)40-18-4-8-24-46(40)59-52)33-28-30-35(31-29-33)56-60-57(42-22-12-20-38-36-16-5-9-25-47(36)63-53(38)42)62-58(61-56)43-23-13-21-39-37-17-6-10-26-48(37)64-54(39)43;1-3-14-34(15-4-1)50-42-30-41(52-49(40-20-9-12-25-47(40)58-52)48(42)38-19-7-10-23-43(38)54-50)32-26-28-33(29-27-32)44-31-45(56-53(55-44)35-16-5-2-6-17-35)39-22-13-21-37-36-18-8-11-24-46(36)57-51(37)39/h1-32H;1-31H. The van der Waals surface area contributed by atoms with Crippen LogP contribution in [0.3, 0.4) is 0 Å². The van der Waals surface area contributed by atoms with E-state index >= 15 is 0 Å². The molecule has 26 rings (SSSR count). The molecular formula is C111H63N7O4S. The van der Waals surface area contributed by atoms with Crippen LogP contribution in [0, 0.1) is 0 Å². The molecule has 9 aromatic heterocycles. The minimum atomic E-state index is 0.499. The molecule has 0 aliphatic rings. The summed E-state index contributed by atoms with van der Waals surface area (Å²) in [6.45, 7) is 0. The smallest absolute Gasteiger partial charge is 0.167 e. The van der Waals surface area contributed by atoms with Gasteiger partial charge in [-0.15, -0.1) is 11.3 Å². The molecule has 0 aliphatic heterocycles. The highest BCUT2D eigenvalue weighted by Crippen LogP contribution is 2.51. The Kier molecular flexibility index (Phi) is 15.9. The summed E-state index contributed by atoms with van der Waals surface area (Å²) in [6, 6.07) is 132. The lowest BCUT2D eigenvalue weighted by Crippen LogP contribution is -2.00. The van der Waals surface area contributed by atoms with Gasteiger partial charge in [-0.2, -0.15) is 0 Å². The first kappa shape index (κ1) is 69.7. The molecule has 572 valence electrons. The van der Waals surface area contributed by atoms with Crippen LogP contribution in [-0.4, -0.2) is 34.9 Å². The van der Waals surface area contributed by atoms with Crippen LogP contribution in [0.2, 0.25) is 0 Å². The number of fused-ring (bicyclic) bond motifs is 23. The predicted octanol–water partition coefficient (Wildman–Crippen LogP) is 30.4. The second-order valence-electron chi connectivity index (χ2n) is 31.1. The van der Waals surface area contributed by atoms with Crippen LogP contribution in [0.5, 0.6) is 0 Å². The Balaban J connectivity index is 0.000000136. The van der Waals surface area contributed by atoms with Gasteiger partial charge in [-0.3, -0.25) is 0 Å². The van der Waals surface area contributed by atoms with E-state index in [1.807, 2.05) is 127 Å². The number of rotatable bonds is 10. The maximum Gasteiger partial charge on any atom is 0.167 e. The molecule has 9 heterocycles. The van der Waals surface area contributed by atoms with Crippen molar-refractivity contribution in [1.29, 1.82) is 0 Å². The summed E-state index contributed by atoms with van der Waals surface area (Å²) in [7, 11) is 0. The first-order chi connectivity index (χ1) is 61.0. The highest BCUT2D eigenvalue weighted by atomic mass is 32.1. The Morgan fingerprint density at radius 2 is 0.553 bits per heavy atom. The second-order valence-corrected chi connectivity index (χ2v) is 32.2. The van der Waals surface area contributed by atoms with E-state index in [0.717, 1.165) is 204 Å². The SMILES string of the molecule is c1ccc(-c2nc(-c3ccc(-c4cc5c(-c6ccccc6)nc6ccccc6c5c5c4sc4ccccc45)cc3)cc(-c3cccc4c3oc3ccccc34)n2)cc1.c1ccc(-c2nc3ccccc3c3c2cc(-c2ccc(-c4nc(-c5cccc6c5oc5ccccc56)nc(-c5cccc6c5oc5ccccc56)n4)cc2)c2oc4ccccc4c23)cc1. The minimum Gasteiger partial charge on any atom is -0.455 e. The molecule has 12 heteroatoms. The molecule has 17 aromatic carbocycles. The van der Waals surface area contributed by atoms with E-state index in [9.17, 15) is 0 Å². The summed E-state index contributed by atoms with van der Waals surface area (Å²) in [5.74, 6) is 2.18. The van der Waals surface area contributed by atoms with Crippen molar-refractivity contribution in [2.24, 2.45) is 0 Å². The van der Waals surface area contributed by atoms with Gasteiger partial charge < -0.3 is 17.7 Å². The Morgan fingerprint density at radius 3 is 1.10 bits per heavy atom. The molecule has 0 aliphatic carbocycles. The third-order valence-corrected chi connectivity index (χ3v) is 25.2. The average molecular weight is 1590 g/mol. The number of furan rings is 4. The van der Waals surface area contributed by atoms with Crippen molar-refractivity contribution in [2.75, 3.05) is 0 Å². The van der Waals surface area contributed by atoms with E-state index < -0.39 is 0 Å². The van der Waals surface area contributed by atoms with Crippen molar-refractivity contribution in [3.05, 3.63) is 382 Å². The van der Waals surface area contributed by atoms with E-state index in [4.69, 9.17) is 52.6 Å². The molecule has 0 saturated heterocycles. The second kappa shape index (κ2) is 28.1. The molecule has 0 spiro atoms. The lowest BCUT2D eigenvalue weighted by molar-refractivity contribution is 0.669. The van der Waals surface area contributed by atoms with Crippen molar-refractivity contribution in [1.82, 2.24) is 34.9 Å². The third-order valence-electron chi connectivity index (χ3n) is 24.0. The molecule has 123 heavy (non-hydrogen) atoms. The molecule has 0 amide bonds. The van der Waals surface area contributed by atoms with Gasteiger partial charge >= 0.3 is 0 Å². The van der Waals surface area contributed by atoms with E-state index in [1.54, 1.807) is 0 Å². The summed E-state index contributed by atoms with van der Waals surface area (Å²) in [6.07, 6.45) is 0. The Bertz CT molecular complexity index is 8690. The van der Waals surface area contributed by atoms with Crippen molar-refractivity contribution < 1.29 is 17.7 Å². The number of nitrogens with zero attached hydrogens (tertiary/aromatic N) is 7. The zero-order chi connectivity index (χ0) is 80.7. The van der Waals surface area contributed by atoms with Crippen molar-refractivity contribution in [2.45, 2.75) is 0 Å². The fraction of sp³-hybridized carbons (Fsp3) is 0. The van der Waals surface area contributed by atoms with Crippen molar-refractivity contribution in [3.8, 4) is 113 Å². The number of hydrogen-bond donors (Lipinski definition) is 0. The van der Waals surface area contributed by atoms with Gasteiger partial charge in [0.2, 0.25) is 0 Å². The third kappa shape index (κ3) is 11.4. The summed E-state index contributed by atoms with van der Waals surface area (Å²) in [5.41, 5.74) is 23.6. The quantitative estimate of drug-likeness (QED) is 0.121. The molecule has 0 N–H and O–H groups in total.